The number of hydrogen-bond donors (Lipinski definition) is 1. The SMILES string of the molecule is O=C(COC(=O)Cn1cnc2ccccc2c1=O)Nc1cccc2nsnc12. The number of carbonyl (C=O) groups excluding carboxylic acids is 2. The monoisotopic (exact) mass is 395 g/mol. The molecule has 0 spiro atoms. The molecule has 4 rings (SSSR count). The van der Waals surface area contributed by atoms with Gasteiger partial charge in [0.2, 0.25) is 0 Å². The summed E-state index contributed by atoms with van der Waals surface area (Å²) in [6.45, 7) is -0.821. The molecule has 2 aromatic carbocycles. The Bertz CT molecular complexity index is 1250. The molecule has 2 aromatic heterocycles. The number of ether oxygens (including phenoxy) is 1. The van der Waals surface area contributed by atoms with Crippen molar-refractivity contribution in [2.45, 2.75) is 6.54 Å². The molecule has 0 aliphatic rings. The first-order chi connectivity index (χ1) is 13.6. The minimum Gasteiger partial charge on any atom is -0.454 e. The molecule has 140 valence electrons. The molecular weight excluding hydrogens is 382 g/mol. The Kier molecular flexibility index (Phi) is 4.77. The molecule has 9 nitrogen and oxygen atoms in total. The highest BCUT2D eigenvalue weighted by atomic mass is 32.1. The van der Waals surface area contributed by atoms with E-state index < -0.39 is 18.5 Å². The second-order valence-corrected chi connectivity index (χ2v) is 6.37. The van der Waals surface area contributed by atoms with Gasteiger partial charge in [-0.3, -0.25) is 19.0 Å². The van der Waals surface area contributed by atoms with Crippen LogP contribution in [0.2, 0.25) is 0 Å². The predicted molar refractivity (Wildman–Crippen MR) is 103 cm³/mol. The normalized spacial score (nSPS) is 10.9. The maximum atomic E-state index is 12.4. The van der Waals surface area contributed by atoms with Crippen molar-refractivity contribution in [3.8, 4) is 0 Å². The lowest BCUT2D eigenvalue weighted by Crippen LogP contribution is -2.28. The lowest BCUT2D eigenvalue weighted by Gasteiger charge is -2.08. The van der Waals surface area contributed by atoms with E-state index in [1.807, 2.05) is 0 Å². The number of hydrogen-bond acceptors (Lipinski definition) is 8. The van der Waals surface area contributed by atoms with Gasteiger partial charge in [0.05, 0.1) is 34.6 Å². The molecule has 0 unspecified atom stereocenters. The number of fused-ring (bicyclic) bond motifs is 2. The highest BCUT2D eigenvalue weighted by molar-refractivity contribution is 7.00. The standard InChI is InChI=1S/C18H13N5O4S/c24-15(20-13-6-3-7-14-17(13)22-28-21-14)9-27-16(25)8-23-10-19-12-5-2-1-4-11(12)18(23)26/h1-7,10H,8-9H2,(H,20,24). The number of benzene rings is 2. The fourth-order valence-electron chi connectivity index (χ4n) is 2.64. The van der Waals surface area contributed by atoms with Crippen molar-refractivity contribution in [2.24, 2.45) is 0 Å². The highest BCUT2D eigenvalue weighted by Gasteiger charge is 2.13. The molecule has 2 heterocycles. The molecule has 1 N–H and O–H groups in total. The van der Waals surface area contributed by atoms with Crippen LogP contribution in [0.25, 0.3) is 21.9 Å². The molecule has 0 aliphatic heterocycles. The summed E-state index contributed by atoms with van der Waals surface area (Å²) in [7, 11) is 0. The summed E-state index contributed by atoms with van der Waals surface area (Å²) in [5.41, 5.74) is 1.92. The van der Waals surface area contributed by atoms with Crippen molar-refractivity contribution in [1.82, 2.24) is 18.3 Å². The van der Waals surface area contributed by atoms with E-state index in [-0.39, 0.29) is 12.1 Å². The molecule has 0 aliphatic carbocycles. The van der Waals surface area contributed by atoms with Crippen molar-refractivity contribution in [1.29, 1.82) is 0 Å². The molecule has 28 heavy (non-hydrogen) atoms. The van der Waals surface area contributed by atoms with E-state index in [0.29, 0.717) is 27.6 Å². The average Bonchev–Trinajstić information content (AvgIpc) is 3.19. The maximum absolute atomic E-state index is 12.4. The Balaban J connectivity index is 1.38. The maximum Gasteiger partial charge on any atom is 0.326 e. The van der Waals surface area contributed by atoms with Crippen LogP contribution in [0.4, 0.5) is 5.69 Å². The van der Waals surface area contributed by atoms with Crippen LogP contribution in [0.5, 0.6) is 0 Å². The van der Waals surface area contributed by atoms with E-state index in [4.69, 9.17) is 4.74 Å². The van der Waals surface area contributed by atoms with Crippen LogP contribution in [0.1, 0.15) is 0 Å². The third-order valence-corrected chi connectivity index (χ3v) is 4.50. The van der Waals surface area contributed by atoms with E-state index in [2.05, 4.69) is 19.0 Å². The van der Waals surface area contributed by atoms with Crippen LogP contribution < -0.4 is 10.9 Å². The van der Waals surface area contributed by atoms with Crippen molar-refractivity contribution >= 4 is 51.2 Å². The van der Waals surface area contributed by atoms with Gasteiger partial charge < -0.3 is 10.1 Å². The molecule has 0 saturated heterocycles. The molecule has 4 aromatic rings. The molecule has 10 heteroatoms. The van der Waals surface area contributed by atoms with Crippen molar-refractivity contribution in [3.05, 3.63) is 59.1 Å². The Labute approximate surface area is 161 Å². The number of rotatable bonds is 5. The van der Waals surface area contributed by atoms with Crippen LogP contribution in [-0.4, -0.2) is 36.8 Å². The van der Waals surface area contributed by atoms with Gasteiger partial charge in [-0.2, -0.15) is 8.75 Å². The van der Waals surface area contributed by atoms with Crippen LogP contribution in [0, 0.1) is 0 Å². The van der Waals surface area contributed by atoms with Crippen molar-refractivity contribution in [2.75, 3.05) is 11.9 Å². The summed E-state index contributed by atoms with van der Waals surface area (Å²) in [6.07, 6.45) is 1.28. The zero-order valence-electron chi connectivity index (χ0n) is 14.4. The van der Waals surface area contributed by atoms with Gasteiger partial charge in [-0.05, 0) is 24.3 Å². The number of amides is 1. The van der Waals surface area contributed by atoms with Gasteiger partial charge in [-0.1, -0.05) is 18.2 Å². The van der Waals surface area contributed by atoms with E-state index in [9.17, 15) is 14.4 Å². The lowest BCUT2D eigenvalue weighted by molar-refractivity contribution is -0.147. The number of nitrogens with zero attached hydrogens (tertiary/aromatic N) is 4. The molecule has 0 radical (unpaired) electrons. The number of para-hydroxylation sites is 1. The second-order valence-electron chi connectivity index (χ2n) is 5.84. The molecule has 0 saturated carbocycles. The van der Waals surface area contributed by atoms with Gasteiger partial charge in [0.25, 0.3) is 11.5 Å². The predicted octanol–water partition coefficient (Wildman–Crippen LogP) is 1.58. The first-order valence-electron chi connectivity index (χ1n) is 8.23. The molecule has 1 amide bonds. The van der Waals surface area contributed by atoms with Crippen LogP contribution in [0.15, 0.2) is 53.6 Å². The molecule has 0 fully saturated rings. The minimum atomic E-state index is -0.720. The van der Waals surface area contributed by atoms with Gasteiger partial charge in [0.15, 0.2) is 6.61 Å². The first-order valence-corrected chi connectivity index (χ1v) is 8.96. The fraction of sp³-hybridized carbons (Fsp3) is 0.111. The number of anilines is 1. The largest absolute Gasteiger partial charge is 0.454 e. The zero-order chi connectivity index (χ0) is 19.5. The van der Waals surface area contributed by atoms with Gasteiger partial charge in [0.1, 0.15) is 17.6 Å². The quantitative estimate of drug-likeness (QED) is 0.510. The van der Waals surface area contributed by atoms with E-state index in [1.165, 1.54) is 6.33 Å². The van der Waals surface area contributed by atoms with Crippen LogP contribution in [0.3, 0.4) is 0 Å². The van der Waals surface area contributed by atoms with Gasteiger partial charge >= 0.3 is 5.97 Å². The van der Waals surface area contributed by atoms with E-state index >= 15 is 0 Å². The zero-order valence-corrected chi connectivity index (χ0v) is 15.2. The summed E-state index contributed by atoms with van der Waals surface area (Å²) >= 11 is 1.04. The Morgan fingerprint density at radius 2 is 1.89 bits per heavy atom. The number of carbonyl (C=O) groups is 2. The highest BCUT2D eigenvalue weighted by Crippen LogP contribution is 2.20. The summed E-state index contributed by atoms with van der Waals surface area (Å²) in [5.74, 6) is -1.24. The van der Waals surface area contributed by atoms with E-state index in [1.54, 1.807) is 42.5 Å². The summed E-state index contributed by atoms with van der Waals surface area (Å²) in [5, 5.41) is 3.04. The minimum absolute atomic E-state index is 0.338. The topological polar surface area (TPSA) is 116 Å². The summed E-state index contributed by atoms with van der Waals surface area (Å²) in [6, 6.07) is 12.0. The number of nitrogens with one attached hydrogen (secondary N) is 1. The van der Waals surface area contributed by atoms with Gasteiger partial charge in [0, 0.05) is 0 Å². The summed E-state index contributed by atoms with van der Waals surface area (Å²) < 4.78 is 14.3. The average molecular weight is 395 g/mol. The molecular formula is C18H13N5O4S. The number of aromatic nitrogens is 4. The Morgan fingerprint density at radius 3 is 2.79 bits per heavy atom. The summed E-state index contributed by atoms with van der Waals surface area (Å²) in [4.78, 5) is 40.6. The third kappa shape index (κ3) is 3.58. The van der Waals surface area contributed by atoms with Crippen molar-refractivity contribution in [3.63, 3.8) is 0 Å². The Morgan fingerprint density at radius 1 is 1.07 bits per heavy atom. The van der Waals surface area contributed by atoms with Crippen LogP contribution >= 0.6 is 11.7 Å². The number of esters is 1. The third-order valence-electron chi connectivity index (χ3n) is 3.96. The fourth-order valence-corrected chi connectivity index (χ4v) is 3.19. The molecule has 0 bridgehead atoms. The Hall–Kier alpha value is -3.66. The van der Waals surface area contributed by atoms with Crippen LogP contribution in [-0.2, 0) is 20.9 Å². The van der Waals surface area contributed by atoms with E-state index in [0.717, 1.165) is 16.3 Å². The first kappa shape index (κ1) is 17.7. The molecule has 0 atom stereocenters. The smallest absolute Gasteiger partial charge is 0.326 e. The van der Waals surface area contributed by atoms with Gasteiger partial charge in [-0.15, -0.1) is 0 Å². The van der Waals surface area contributed by atoms with Gasteiger partial charge in [-0.25, -0.2) is 4.98 Å². The second kappa shape index (κ2) is 7.53. The van der Waals surface area contributed by atoms with Crippen molar-refractivity contribution < 1.29 is 14.3 Å². The lowest BCUT2D eigenvalue weighted by atomic mass is 10.2.